The molecule has 2 aromatic rings. The number of rotatable bonds is 5. The van der Waals surface area contributed by atoms with Crippen LogP contribution in [0.2, 0.25) is 4.34 Å². The maximum atomic E-state index is 5.87. The average Bonchev–Trinajstić information content (AvgIpc) is 2.85. The van der Waals surface area contributed by atoms with Gasteiger partial charge in [-0.25, -0.2) is 0 Å². The van der Waals surface area contributed by atoms with Crippen LogP contribution in [-0.2, 0) is 6.42 Å². The Balaban J connectivity index is 0.00000220. The van der Waals surface area contributed by atoms with Crippen molar-refractivity contribution in [1.82, 2.24) is 0 Å². The number of methoxy groups -OCH3 is 1. The number of guanidine groups is 1. The normalized spacial score (nSPS) is 10.9. The average molecular weight is 438 g/mol. The van der Waals surface area contributed by atoms with Gasteiger partial charge in [0.05, 0.1) is 11.4 Å². The number of aliphatic imine (C=N–C) groups is 1. The van der Waals surface area contributed by atoms with Crippen molar-refractivity contribution in [2.45, 2.75) is 6.42 Å². The smallest absolute Gasteiger partial charge is 0.193 e. The van der Waals surface area contributed by atoms with Crippen LogP contribution in [0.4, 0.5) is 5.69 Å². The van der Waals surface area contributed by atoms with Crippen LogP contribution in [0.15, 0.2) is 41.4 Å². The van der Waals surface area contributed by atoms with Gasteiger partial charge in [0.1, 0.15) is 5.75 Å². The van der Waals surface area contributed by atoms with Crippen LogP contribution in [0.25, 0.3) is 0 Å². The minimum Gasteiger partial charge on any atom is -0.497 e. The molecular weight excluding hydrogens is 421 g/mol. The van der Waals surface area contributed by atoms with Gasteiger partial charge in [0.25, 0.3) is 0 Å². The SMILES string of the molecule is COc1ccc(NC(N)=NCCc2ccc(Cl)s2)cc1.I. The Hall–Kier alpha value is -0.990. The van der Waals surface area contributed by atoms with E-state index in [1.54, 1.807) is 18.4 Å². The Morgan fingerprint density at radius 3 is 2.57 bits per heavy atom. The molecule has 0 atom stereocenters. The van der Waals surface area contributed by atoms with E-state index >= 15 is 0 Å². The highest BCUT2D eigenvalue weighted by atomic mass is 127. The van der Waals surface area contributed by atoms with Crippen molar-refractivity contribution in [3.05, 3.63) is 45.6 Å². The van der Waals surface area contributed by atoms with E-state index in [1.807, 2.05) is 36.4 Å². The maximum Gasteiger partial charge on any atom is 0.193 e. The van der Waals surface area contributed by atoms with Gasteiger partial charge >= 0.3 is 0 Å². The highest BCUT2D eigenvalue weighted by Crippen LogP contribution is 2.21. The first-order valence-electron chi connectivity index (χ1n) is 6.12. The highest BCUT2D eigenvalue weighted by molar-refractivity contribution is 14.0. The number of ether oxygens (including phenoxy) is 1. The minimum atomic E-state index is 0. The molecule has 3 N–H and O–H groups in total. The van der Waals surface area contributed by atoms with Gasteiger partial charge < -0.3 is 15.8 Å². The standard InChI is InChI=1S/C14H16ClN3OS.HI/c1-19-11-4-2-10(3-5-11)18-14(16)17-9-8-12-6-7-13(15)20-12;/h2-7H,8-9H2,1H3,(H3,16,17,18);1H. The van der Waals surface area contributed by atoms with Crippen molar-refractivity contribution in [2.24, 2.45) is 10.7 Å². The van der Waals surface area contributed by atoms with E-state index in [1.165, 1.54) is 4.88 Å². The largest absolute Gasteiger partial charge is 0.497 e. The predicted molar refractivity (Wildman–Crippen MR) is 102 cm³/mol. The molecule has 0 saturated carbocycles. The second kappa shape index (κ2) is 9.11. The van der Waals surface area contributed by atoms with Crippen LogP contribution < -0.4 is 15.8 Å². The van der Waals surface area contributed by atoms with Crippen molar-refractivity contribution in [2.75, 3.05) is 19.0 Å². The molecule has 0 spiro atoms. The molecule has 1 heterocycles. The molecule has 0 radical (unpaired) electrons. The second-order valence-electron chi connectivity index (χ2n) is 4.08. The molecule has 0 saturated heterocycles. The molecule has 0 bridgehead atoms. The van der Waals surface area contributed by atoms with Gasteiger partial charge in [0.2, 0.25) is 0 Å². The molecule has 0 aliphatic carbocycles. The van der Waals surface area contributed by atoms with Crippen molar-refractivity contribution < 1.29 is 4.74 Å². The van der Waals surface area contributed by atoms with Gasteiger partial charge in [-0.2, -0.15) is 0 Å². The lowest BCUT2D eigenvalue weighted by Crippen LogP contribution is -2.23. The van der Waals surface area contributed by atoms with Crippen LogP contribution in [-0.4, -0.2) is 19.6 Å². The molecule has 0 aliphatic heterocycles. The van der Waals surface area contributed by atoms with Crippen molar-refractivity contribution in [1.29, 1.82) is 0 Å². The summed E-state index contributed by atoms with van der Waals surface area (Å²) in [6, 6.07) is 11.4. The Morgan fingerprint density at radius 2 is 2.00 bits per heavy atom. The Labute approximate surface area is 150 Å². The molecule has 0 amide bonds. The lowest BCUT2D eigenvalue weighted by atomic mass is 10.3. The molecular formula is C14H17ClIN3OS. The van der Waals surface area contributed by atoms with E-state index < -0.39 is 0 Å². The Bertz CT molecular complexity index is 586. The number of benzene rings is 1. The summed E-state index contributed by atoms with van der Waals surface area (Å²) in [7, 11) is 1.63. The summed E-state index contributed by atoms with van der Waals surface area (Å²) in [5, 5.41) is 3.03. The number of nitrogens with two attached hydrogens (primary N) is 1. The van der Waals surface area contributed by atoms with Crippen LogP contribution in [0.1, 0.15) is 4.88 Å². The zero-order valence-electron chi connectivity index (χ0n) is 11.5. The predicted octanol–water partition coefficient (Wildman–Crippen LogP) is 4.00. The number of hydrogen-bond donors (Lipinski definition) is 2. The summed E-state index contributed by atoms with van der Waals surface area (Å²) >= 11 is 7.44. The summed E-state index contributed by atoms with van der Waals surface area (Å²) < 4.78 is 5.89. The van der Waals surface area contributed by atoms with Gasteiger partial charge in [0.15, 0.2) is 5.96 Å². The van der Waals surface area contributed by atoms with Crippen LogP contribution in [0.3, 0.4) is 0 Å². The zero-order valence-corrected chi connectivity index (χ0v) is 15.4. The molecule has 1 aromatic carbocycles. The number of halogens is 2. The number of nitrogens with zero attached hydrogens (tertiary/aromatic N) is 1. The summed E-state index contributed by atoms with van der Waals surface area (Å²) in [5.41, 5.74) is 6.71. The van der Waals surface area contributed by atoms with Crippen molar-refractivity contribution in [3.8, 4) is 5.75 Å². The van der Waals surface area contributed by atoms with Crippen LogP contribution in [0.5, 0.6) is 5.75 Å². The molecule has 0 aliphatic rings. The van der Waals surface area contributed by atoms with Crippen LogP contribution >= 0.6 is 46.9 Å². The van der Waals surface area contributed by atoms with Gasteiger partial charge in [-0.15, -0.1) is 35.3 Å². The molecule has 0 fully saturated rings. The van der Waals surface area contributed by atoms with Gasteiger partial charge in [0, 0.05) is 23.5 Å². The van der Waals surface area contributed by atoms with Crippen molar-refractivity contribution >= 4 is 58.6 Å². The molecule has 4 nitrogen and oxygen atoms in total. The number of nitrogens with one attached hydrogen (secondary N) is 1. The third-order valence-electron chi connectivity index (χ3n) is 2.63. The number of anilines is 1. The van der Waals surface area contributed by atoms with Gasteiger partial charge in [-0.3, -0.25) is 4.99 Å². The summed E-state index contributed by atoms with van der Waals surface area (Å²) in [5.74, 6) is 1.21. The number of hydrogen-bond acceptors (Lipinski definition) is 3. The van der Waals surface area contributed by atoms with Crippen molar-refractivity contribution in [3.63, 3.8) is 0 Å². The molecule has 1 aromatic heterocycles. The molecule has 0 unspecified atom stereocenters. The van der Waals surface area contributed by atoms with Gasteiger partial charge in [-0.1, -0.05) is 11.6 Å². The van der Waals surface area contributed by atoms with E-state index in [0.717, 1.165) is 22.2 Å². The summed E-state index contributed by atoms with van der Waals surface area (Å²) in [4.78, 5) is 5.49. The van der Waals surface area contributed by atoms with E-state index in [-0.39, 0.29) is 24.0 Å². The molecule has 2 rings (SSSR count). The molecule has 114 valence electrons. The third kappa shape index (κ3) is 6.11. The monoisotopic (exact) mass is 437 g/mol. The molecule has 7 heteroatoms. The fraction of sp³-hybridized carbons (Fsp3) is 0.214. The second-order valence-corrected chi connectivity index (χ2v) is 5.88. The first kappa shape index (κ1) is 18.1. The minimum absolute atomic E-state index is 0. The summed E-state index contributed by atoms with van der Waals surface area (Å²) in [6.45, 7) is 0.631. The lowest BCUT2D eigenvalue weighted by molar-refractivity contribution is 0.415. The molecule has 21 heavy (non-hydrogen) atoms. The highest BCUT2D eigenvalue weighted by Gasteiger charge is 1.99. The first-order chi connectivity index (χ1) is 9.67. The maximum absolute atomic E-state index is 5.87. The third-order valence-corrected chi connectivity index (χ3v) is 3.92. The van der Waals surface area contributed by atoms with E-state index in [0.29, 0.717) is 12.5 Å². The Morgan fingerprint density at radius 1 is 1.29 bits per heavy atom. The first-order valence-corrected chi connectivity index (χ1v) is 7.32. The fourth-order valence-corrected chi connectivity index (χ4v) is 2.71. The van der Waals surface area contributed by atoms with E-state index in [2.05, 4.69) is 10.3 Å². The Kier molecular flexibility index (Phi) is 7.84. The van der Waals surface area contributed by atoms with Crippen LogP contribution in [0, 0.1) is 0 Å². The topological polar surface area (TPSA) is 59.6 Å². The number of thiophene rings is 1. The fourth-order valence-electron chi connectivity index (χ4n) is 1.63. The zero-order chi connectivity index (χ0) is 14.4. The van der Waals surface area contributed by atoms with E-state index in [9.17, 15) is 0 Å². The quantitative estimate of drug-likeness (QED) is 0.422. The van der Waals surface area contributed by atoms with Gasteiger partial charge in [-0.05, 0) is 36.4 Å². The van der Waals surface area contributed by atoms with E-state index in [4.69, 9.17) is 22.1 Å². The summed E-state index contributed by atoms with van der Waals surface area (Å²) in [6.07, 6.45) is 0.836. The lowest BCUT2D eigenvalue weighted by Gasteiger charge is -2.06.